The highest BCUT2D eigenvalue weighted by molar-refractivity contribution is 5.75. The molecule has 78 valence electrons. The molecule has 6 nitrogen and oxygen atoms in total. The first-order chi connectivity index (χ1) is 6.68. The number of nitrogens with zero attached hydrogens (tertiary/aromatic N) is 3. The van der Waals surface area contributed by atoms with Gasteiger partial charge in [-0.15, -0.1) is 0 Å². The highest BCUT2D eigenvalue weighted by Crippen LogP contribution is 1.87. The average molecular weight is 198 g/mol. The van der Waals surface area contributed by atoms with Gasteiger partial charge in [-0.3, -0.25) is 9.48 Å². The molecule has 0 bridgehead atoms. The number of rotatable bonds is 5. The number of amides is 1. The molecule has 0 aliphatic heterocycles. The van der Waals surface area contributed by atoms with Gasteiger partial charge in [-0.25, -0.2) is 4.98 Å². The Kier molecular flexibility index (Phi) is 4.06. The van der Waals surface area contributed by atoms with Gasteiger partial charge in [-0.2, -0.15) is 5.10 Å². The predicted molar refractivity (Wildman–Crippen MR) is 49.3 cm³/mol. The van der Waals surface area contributed by atoms with Crippen LogP contribution in [0.3, 0.4) is 0 Å². The summed E-state index contributed by atoms with van der Waals surface area (Å²) in [4.78, 5) is 14.9. The van der Waals surface area contributed by atoms with Gasteiger partial charge in [-0.05, 0) is 6.92 Å². The number of carbonyl (C=O) groups is 1. The molecule has 0 radical (unpaired) electrons. The normalized spacial score (nSPS) is 12.4. The molecule has 2 N–H and O–H groups in total. The van der Waals surface area contributed by atoms with Gasteiger partial charge in [0.15, 0.2) is 0 Å². The number of hydrogen-bond acceptors (Lipinski definition) is 4. The van der Waals surface area contributed by atoms with Gasteiger partial charge in [0, 0.05) is 13.0 Å². The van der Waals surface area contributed by atoms with Crippen LogP contribution >= 0.6 is 0 Å². The summed E-state index contributed by atoms with van der Waals surface area (Å²) in [5, 5.41) is 15.4. The molecule has 1 atom stereocenters. The molecule has 0 saturated carbocycles. The van der Waals surface area contributed by atoms with E-state index in [0.29, 0.717) is 13.0 Å². The minimum atomic E-state index is -0.509. The van der Waals surface area contributed by atoms with Gasteiger partial charge in [0.1, 0.15) is 12.7 Å². The summed E-state index contributed by atoms with van der Waals surface area (Å²) >= 11 is 0. The van der Waals surface area contributed by atoms with Crippen LogP contribution in [0.1, 0.15) is 13.3 Å². The monoisotopic (exact) mass is 198 g/mol. The molecular weight excluding hydrogens is 184 g/mol. The lowest BCUT2D eigenvalue weighted by atomic mass is 10.3. The third kappa shape index (κ3) is 3.99. The summed E-state index contributed by atoms with van der Waals surface area (Å²) in [5.74, 6) is -0.0959. The van der Waals surface area contributed by atoms with E-state index in [0.717, 1.165) is 0 Å². The lowest BCUT2D eigenvalue weighted by Crippen LogP contribution is -2.31. The summed E-state index contributed by atoms with van der Waals surface area (Å²) in [6.07, 6.45) is 2.82. The first kappa shape index (κ1) is 10.6. The SMILES string of the molecule is C[C@H](O)CNC(=O)CCn1cncn1. The molecule has 0 aromatic carbocycles. The molecule has 6 heteroatoms. The minimum Gasteiger partial charge on any atom is -0.392 e. The largest absolute Gasteiger partial charge is 0.392 e. The van der Waals surface area contributed by atoms with E-state index in [4.69, 9.17) is 5.11 Å². The zero-order chi connectivity index (χ0) is 10.4. The Morgan fingerprint density at radius 1 is 1.71 bits per heavy atom. The smallest absolute Gasteiger partial charge is 0.221 e. The van der Waals surface area contributed by atoms with Crippen molar-refractivity contribution in [2.24, 2.45) is 0 Å². The second-order valence-corrected chi connectivity index (χ2v) is 3.06. The van der Waals surface area contributed by atoms with E-state index in [-0.39, 0.29) is 12.5 Å². The molecule has 1 aromatic heterocycles. The van der Waals surface area contributed by atoms with Crippen LogP contribution in [0.15, 0.2) is 12.7 Å². The Hall–Kier alpha value is -1.43. The molecule has 0 spiro atoms. The second-order valence-electron chi connectivity index (χ2n) is 3.06. The Labute approximate surface area is 82.0 Å². The summed E-state index contributed by atoms with van der Waals surface area (Å²) in [7, 11) is 0. The summed E-state index contributed by atoms with van der Waals surface area (Å²) in [6.45, 7) is 2.42. The molecule has 14 heavy (non-hydrogen) atoms. The first-order valence-electron chi connectivity index (χ1n) is 4.45. The van der Waals surface area contributed by atoms with Crippen molar-refractivity contribution in [3.63, 3.8) is 0 Å². The molecule has 0 fully saturated rings. The maximum Gasteiger partial charge on any atom is 0.221 e. The maximum absolute atomic E-state index is 11.2. The van der Waals surface area contributed by atoms with E-state index in [2.05, 4.69) is 15.4 Å². The van der Waals surface area contributed by atoms with Crippen LogP contribution in [-0.4, -0.2) is 38.4 Å². The fourth-order valence-electron chi connectivity index (χ4n) is 0.914. The maximum atomic E-state index is 11.2. The predicted octanol–water partition coefficient (Wildman–Crippen LogP) is -0.835. The van der Waals surface area contributed by atoms with Crippen molar-refractivity contribution < 1.29 is 9.90 Å². The number of hydrogen-bond donors (Lipinski definition) is 2. The topological polar surface area (TPSA) is 80.0 Å². The van der Waals surface area contributed by atoms with Crippen molar-refractivity contribution in [2.75, 3.05) is 6.54 Å². The third-order valence-corrected chi connectivity index (χ3v) is 1.63. The van der Waals surface area contributed by atoms with Crippen molar-refractivity contribution in [2.45, 2.75) is 26.0 Å². The standard InChI is InChI=1S/C8H14N4O2/c1-7(13)4-10-8(14)2-3-12-6-9-5-11-12/h5-7,13H,2-4H2,1H3,(H,10,14)/t7-/m0/s1. The summed E-state index contributed by atoms with van der Waals surface area (Å²) in [6, 6.07) is 0. The van der Waals surface area contributed by atoms with Gasteiger partial charge in [0.05, 0.1) is 12.6 Å². The van der Waals surface area contributed by atoms with Crippen molar-refractivity contribution in [3.05, 3.63) is 12.7 Å². The van der Waals surface area contributed by atoms with E-state index in [1.807, 2.05) is 0 Å². The third-order valence-electron chi connectivity index (χ3n) is 1.63. The van der Waals surface area contributed by atoms with E-state index < -0.39 is 6.10 Å². The quantitative estimate of drug-likeness (QED) is 0.647. The minimum absolute atomic E-state index is 0.0959. The van der Waals surface area contributed by atoms with E-state index >= 15 is 0 Å². The van der Waals surface area contributed by atoms with Gasteiger partial charge < -0.3 is 10.4 Å². The van der Waals surface area contributed by atoms with Crippen LogP contribution in [0.4, 0.5) is 0 Å². The number of aromatic nitrogens is 3. The molecular formula is C8H14N4O2. The molecule has 0 aliphatic carbocycles. The van der Waals surface area contributed by atoms with E-state index in [9.17, 15) is 4.79 Å². The van der Waals surface area contributed by atoms with Crippen molar-refractivity contribution in [1.29, 1.82) is 0 Å². The molecule has 1 heterocycles. The van der Waals surface area contributed by atoms with Gasteiger partial charge in [0.2, 0.25) is 5.91 Å². The number of nitrogens with one attached hydrogen (secondary N) is 1. The molecule has 0 saturated heterocycles. The van der Waals surface area contributed by atoms with Crippen LogP contribution in [-0.2, 0) is 11.3 Å². The van der Waals surface area contributed by atoms with Crippen molar-refractivity contribution in [3.8, 4) is 0 Å². The van der Waals surface area contributed by atoms with Crippen LogP contribution in [0.25, 0.3) is 0 Å². The van der Waals surface area contributed by atoms with Crippen LogP contribution < -0.4 is 5.32 Å². The molecule has 1 amide bonds. The first-order valence-corrected chi connectivity index (χ1v) is 4.45. The molecule has 0 unspecified atom stereocenters. The van der Waals surface area contributed by atoms with E-state index in [1.54, 1.807) is 17.9 Å². The fraction of sp³-hybridized carbons (Fsp3) is 0.625. The summed E-state index contributed by atoms with van der Waals surface area (Å²) in [5.41, 5.74) is 0. The Morgan fingerprint density at radius 3 is 3.07 bits per heavy atom. The Bertz CT molecular complexity index is 271. The average Bonchev–Trinajstić information content (AvgIpc) is 2.63. The van der Waals surface area contributed by atoms with Gasteiger partial charge in [-0.1, -0.05) is 0 Å². The van der Waals surface area contributed by atoms with Gasteiger partial charge in [0.25, 0.3) is 0 Å². The fourth-order valence-corrected chi connectivity index (χ4v) is 0.914. The second kappa shape index (κ2) is 5.33. The number of aryl methyl sites for hydroxylation is 1. The highest BCUT2D eigenvalue weighted by atomic mass is 16.3. The Balaban J connectivity index is 2.15. The zero-order valence-electron chi connectivity index (χ0n) is 8.05. The van der Waals surface area contributed by atoms with Crippen LogP contribution in [0, 0.1) is 0 Å². The van der Waals surface area contributed by atoms with Crippen LogP contribution in [0.2, 0.25) is 0 Å². The number of carbonyl (C=O) groups excluding carboxylic acids is 1. The molecule has 0 aliphatic rings. The Morgan fingerprint density at radius 2 is 2.50 bits per heavy atom. The van der Waals surface area contributed by atoms with Crippen molar-refractivity contribution >= 4 is 5.91 Å². The molecule has 1 aromatic rings. The zero-order valence-corrected chi connectivity index (χ0v) is 8.05. The molecule has 1 rings (SSSR count). The van der Waals surface area contributed by atoms with Crippen LogP contribution in [0.5, 0.6) is 0 Å². The van der Waals surface area contributed by atoms with Gasteiger partial charge >= 0.3 is 0 Å². The van der Waals surface area contributed by atoms with E-state index in [1.165, 1.54) is 6.33 Å². The van der Waals surface area contributed by atoms with Crippen molar-refractivity contribution in [1.82, 2.24) is 20.1 Å². The lowest BCUT2D eigenvalue weighted by Gasteiger charge is -2.06. The lowest BCUT2D eigenvalue weighted by molar-refractivity contribution is -0.121. The highest BCUT2D eigenvalue weighted by Gasteiger charge is 2.03. The number of aliphatic hydroxyl groups is 1. The summed E-state index contributed by atoms with van der Waals surface area (Å²) < 4.78 is 1.59. The number of aliphatic hydroxyl groups excluding tert-OH is 1.